The first kappa shape index (κ1) is 11.8. The molecular formula is C16H17NS. The molecule has 1 nitrogen and oxygen atoms in total. The van der Waals surface area contributed by atoms with Crippen molar-refractivity contribution in [2.45, 2.75) is 24.4 Å². The summed E-state index contributed by atoms with van der Waals surface area (Å²) >= 11 is 1.95. The van der Waals surface area contributed by atoms with Crippen molar-refractivity contribution in [1.82, 2.24) is 5.32 Å². The van der Waals surface area contributed by atoms with Crippen LogP contribution in [-0.2, 0) is 6.54 Å². The van der Waals surface area contributed by atoms with Crippen molar-refractivity contribution in [2.24, 2.45) is 0 Å². The molecule has 0 aliphatic carbocycles. The highest BCUT2D eigenvalue weighted by atomic mass is 32.2. The predicted molar refractivity (Wildman–Crippen MR) is 77.9 cm³/mol. The van der Waals surface area contributed by atoms with Gasteiger partial charge in [0.1, 0.15) is 0 Å². The van der Waals surface area contributed by atoms with Crippen molar-refractivity contribution in [1.29, 1.82) is 0 Å². The Morgan fingerprint density at radius 1 is 1.17 bits per heavy atom. The lowest BCUT2D eigenvalue weighted by atomic mass is 10.1. The maximum atomic E-state index is 3.66. The molecule has 0 fully saturated rings. The van der Waals surface area contributed by atoms with Gasteiger partial charge in [0.2, 0.25) is 0 Å². The van der Waals surface area contributed by atoms with Gasteiger partial charge >= 0.3 is 0 Å². The first-order valence-corrected chi connectivity index (χ1v) is 7.32. The van der Waals surface area contributed by atoms with Gasteiger partial charge in [-0.05, 0) is 24.1 Å². The van der Waals surface area contributed by atoms with Gasteiger partial charge in [0.05, 0.1) is 0 Å². The number of rotatable bonds is 3. The van der Waals surface area contributed by atoms with E-state index in [9.17, 15) is 0 Å². The molecule has 0 saturated carbocycles. The topological polar surface area (TPSA) is 12.0 Å². The van der Waals surface area contributed by atoms with Gasteiger partial charge in [-0.3, -0.25) is 0 Å². The molecule has 2 aromatic carbocycles. The number of hydrogen-bond donors (Lipinski definition) is 1. The Bertz CT molecular complexity index is 550. The molecule has 0 amide bonds. The van der Waals surface area contributed by atoms with Crippen LogP contribution in [0, 0.1) is 6.92 Å². The average Bonchev–Trinajstić information content (AvgIpc) is 2.80. The molecule has 3 rings (SSSR count). The minimum Gasteiger partial charge on any atom is -0.305 e. The third-order valence-corrected chi connectivity index (χ3v) is 4.52. The minimum atomic E-state index is 0.492. The monoisotopic (exact) mass is 255 g/mol. The first-order chi connectivity index (χ1) is 8.83. The quantitative estimate of drug-likeness (QED) is 0.891. The van der Waals surface area contributed by atoms with E-state index in [4.69, 9.17) is 0 Å². The molecule has 1 heterocycles. The number of nitrogens with one attached hydrogen (secondary N) is 1. The van der Waals surface area contributed by atoms with Crippen LogP contribution in [0.4, 0.5) is 0 Å². The highest BCUT2D eigenvalue weighted by Crippen LogP contribution is 2.37. The molecule has 2 heteroatoms. The fourth-order valence-electron chi connectivity index (χ4n) is 2.39. The molecule has 1 aliphatic rings. The van der Waals surface area contributed by atoms with Crippen LogP contribution in [0.25, 0.3) is 0 Å². The van der Waals surface area contributed by atoms with Gasteiger partial charge in [-0.25, -0.2) is 0 Å². The zero-order valence-electron chi connectivity index (χ0n) is 10.5. The fraction of sp³-hybridized carbons (Fsp3) is 0.250. The lowest BCUT2D eigenvalue weighted by Gasteiger charge is -2.13. The summed E-state index contributed by atoms with van der Waals surface area (Å²) in [5.74, 6) is 1.14. The Morgan fingerprint density at radius 2 is 2.06 bits per heavy atom. The molecule has 1 N–H and O–H groups in total. The maximum Gasteiger partial charge on any atom is 0.0429 e. The Morgan fingerprint density at radius 3 is 2.94 bits per heavy atom. The Labute approximate surface area is 113 Å². The van der Waals surface area contributed by atoms with Gasteiger partial charge in [0.15, 0.2) is 0 Å². The summed E-state index contributed by atoms with van der Waals surface area (Å²) < 4.78 is 0. The summed E-state index contributed by atoms with van der Waals surface area (Å²) in [4.78, 5) is 1.43. The number of hydrogen-bond acceptors (Lipinski definition) is 2. The molecule has 0 saturated heterocycles. The highest BCUT2D eigenvalue weighted by Gasteiger charge is 2.21. The molecule has 18 heavy (non-hydrogen) atoms. The zero-order valence-corrected chi connectivity index (χ0v) is 11.3. The van der Waals surface area contributed by atoms with Crippen LogP contribution in [0.1, 0.15) is 22.7 Å². The lowest BCUT2D eigenvalue weighted by Crippen LogP contribution is -2.20. The van der Waals surface area contributed by atoms with E-state index in [0.717, 1.165) is 12.3 Å². The van der Waals surface area contributed by atoms with Crippen molar-refractivity contribution >= 4 is 11.8 Å². The summed E-state index contributed by atoms with van der Waals surface area (Å²) in [6.45, 7) is 3.09. The summed E-state index contributed by atoms with van der Waals surface area (Å²) in [7, 11) is 0. The molecule has 0 radical (unpaired) electrons. The van der Waals surface area contributed by atoms with Crippen molar-refractivity contribution in [3.05, 3.63) is 65.2 Å². The van der Waals surface area contributed by atoms with E-state index < -0.39 is 0 Å². The molecule has 1 unspecified atom stereocenters. The number of benzene rings is 2. The van der Waals surface area contributed by atoms with E-state index in [0.29, 0.717) is 6.04 Å². The largest absolute Gasteiger partial charge is 0.305 e. The van der Waals surface area contributed by atoms with Crippen LogP contribution in [0.3, 0.4) is 0 Å². The van der Waals surface area contributed by atoms with Crippen molar-refractivity contribution < 1.29 is 0 Å². The molecule has 92 valence electrons. The molecule has 0 spiro atoms. The summed E-state index contributed by atoms with van der Waals surface area (Å²) in [6.07, 6.45) is 0. The smallest absolute Gasteiger partial charge is 0.0429 e. The standard InChI is InChI=1S/C16H17NS/c1-12-5-4-6-13(9-12)10-17-15-11-18-16-8-3-2-7-14(15)16/h2-9,15,17H,10-11H2,1H3. The Hall–Kier alpha value is -1.25. The van der Waals surface area contributed by atoms with Gasteiger partial charge in [0.25, 0.3) is 0 Å². The van der Waals surface area contributed by atoms with Gasteiger partial charge < -0.3 is 5.32 Å². The number of aryl methyl sites for hydroxylation is 1. The highest BCUT2D eigenvalue weighted by molar-refractivity contribution is 7.99. The lowest BCUT2D eigenvalue weighted by molar-refractivity contribution is 0.583. The second kappa shape index (κ2) is 5.17. The van der Waals surface area contributed by atoms with E-state index in [-0.39, 0.29) is 0 Å². The third kappa shape index (κ3) is 2.45. The molecule has 0 bridgehead atoms. The summed E-state index contributed by atoms with van der Waals surface area (Å²) in [5.41, 5.74) is 4.15. The van der Waals surface area contributed by atoms with Crippen molar-refractivity contribution in [3.63, 3.8) is 0 Å². The first-order valence-electron chi connectivity index (χ1n) is 6.33. The average molecular weight is 255 g/mol. The predicted octanol–water partition coefficient (Wildman–Crippen LogP) is 3.93. The van der Waals surface area contributed by atoms with Crippen LogP contribution < -0.4 is 5.32 Å². The molecule has 0 aromatic heterocycles. The molecule has 2 aromatic rings. The van der Waals surface area contributed by atoms with Crippen LogP contribution in [0.15, 0.2) is 53.4 Å². The van der Waals surface area contributed by atoms with Crippen LogP contribution in [0.5, 0.6) is 0 Å². The summed E-state index contributed by atoms with van der Waals surface area (Å²) in [6, 6.07) is 17.9. The van der Waals surface area contributed by atoms with Crippen LogP contribution in [0.2, 0.25) is 0 Å². The zero-order chi connectivity index (χ0) is 12.4. The van der Waals surface area contributed by atoms with Gasteiger partial charge in [-0.2, -0.15) is 0 Å². The van der Waals surface area contributed by atoms with Gasteiger partial charge in [-0.1, -0.05) is 48.0 Å². The van der Waals surface area contributed by atoms with E-state index in [1.54, 1.807) is 0 Å². The molecule has 1 atom stereocenters. The van der Waals surface area contributed by atoms with Gasteiger partial charge in [0, 0.05) is 23.2 Å². The Kier molecular flexibility index (Phi) is 3.39. The molecule has 1 aliphatic heterocycles. The normalized spacial score (nSPS) is 17.7. The third-order valence-electron chi connectivity index (χ3n) is 3.33. The Balaban J connectivity index is 1.69. The van der Waals surface area contributed by atoms with E-state index in [1.807, 2.05) is 11.8 Å². The SMILES string of the molecule is Cc1cccc(CNC2CSc3ccccc32)c1. The summed E-state index contributed by atoms with van der Waals surface area (Å²) in [5, 5.41) is 3.66. The maximum absolute atomic E-state index is 3.66. The molecular weight excluding hydrogens is 238 g/mol. The second-order valence-electron chi connectivity index (χ2n) is 4.77. The number of fused-ring (bicyclic) bond motifs is 1. The number of thioether (sulfide) groups is 1. The second-order valence-corrected chi connectivity index (χ2v) is 5.83. The minimum absolute atomic E-state index is 0.492. The van der Waals surface area contributed by atoms with Crippen molar-refractivity contribution in [2.75, 3.05) is 5.75 Å². The van der Waals surface area contributed by atoms with E-state index in [1.165, 1.54) is 21.6 Å². The van der Waals surface area contributed by atoms with Crippen LogP contribution in [-0.4, -0.2) is 5.75 Å². The fourth-order valence-corrected chi connectivity index (χ4v) is 3.59. The van der Waals surface area contributed by atoms with E-state index >= 15 is 0 Å². The van der Waals surface area contributed by atoms with Crippen LogP contribution >= 0.6 is 11.8 Å². The van der Waals surface area contributed by atoms with Crippen molar-refractivity contribution in [3.8, 4) is 0 Å². The van der Waals surface area contributed by atoms with Gasteiger partial charge in [-0.15, -0.1) is 11.8 Å². The van der Waals surface area contributed by atoms with E-state index in [2.05, 4.69) is 60.8 Å².